The lowest BCUT2D eigenvalue weighted by Gasteiger charge is -2.41. The molecule has 360 valence electrons. The zero-order valence-electron chi connectivity index (χ0n) is 38.3. The van der Waals surface area contributed by atoms with Gasteiger partial charge in [-0.3, -0.25) is 13.8 Å². The number of carbonyl (C=O) groups excluding carboxylic acids is 1. The van der Waals surface area contributed by atoms with Gasteiger partial charge in [-0.1, -0.05) is 150 Å². The number of aliphatic hydroxyl groups excluding tert-OH is 5. The molecular weight excluding hydrogens is 824 g/mol. The molecule has 6 unspecified atom stereocenters. The third kappa shape index (κ3) is 31.7. The van der Waals surface area contributed by atoms with Crippen LogP contribution in [-0.4, -0.2) is 98.9 Å². The Bertz CT molecular complexity index is 1400. The maximum Gasteiger partial charge on any atom is 0.472 e. The number of hydrogen-bond acceptors (Lipinski definition) is 11. The van der Waals surface area contributed by atoms with Gasteiger partial charge in [0.25, 0.3) is 0 Å². The SMILES string of the molecule is CC/C=C\C/C=C\C/C=C\C/C=C\C/C=C\C/C=C\CCCCC(=O)OC(COCCCCCCCC/C=C\C/C=C\CCCC)COP(=O)(O)OC1C(O)C(O)C(O)C(O)C1O. The van der Waals surface area contributed by atoms with E-state index in [0.717, 1.165) is 109 Å². The van der Waals surface area contributed by atoms with E-state index in [4.69, 9.17) is 18.5 Å². The maximum atomic E-state index is 12.8. The van der Waals surface area contributed by atoms with E-state index in [0.29, 0.717) is 13.0 Å². The summed E-state index contributed by atoms with van der Waals surface area (Å²) in [5, 5.41) is 50.2. The molecule has 1 saturated carbocycles. The molecule has 1 rings (SSSR count). The summed E-state index contributed by atoms with van der Waals surface area (Å²) < 4.78 is 34.1. The second kappa shape index (κ2) is 39.6. The van der Waals surface area contributed by atoms with Crippen LogP contribution in [0.15, 0.2) is 97.2 Å². The largest absolute Gasteiger partial charge is 0.472 e. The van der Waals surface area contributed by atoms with Crippen molar-refractivity contribution in [2.75, 3.05) is 19.8 Å². The number of allylic oxidation sites excluding steroid dienone is 16. The number of rotatable bonds is 38. The van der Waals surface area contributed by atoms with E-state index in [9.17, 15) is 39.8 Å². The number of carbonyl (C=O) groups is 1. The lowest BCUT2D eigenvalue weighted by Crippen LogP contribution is -2.64. The van der Waals surface area contributed by atoms with Crippen molar-refractivity contribution in [1.29, 1.82) is 0 Å². The Hall–Kier alpha value is -2.74. The van der Waals surface area contributed by atoms with Gasteiger partial charge < -0.3 is 39.9 Å². The van der Waals surface area contributed by atoms with Crippen molar-refractivity contribution in [1.82, 2.24) is 0 Å². The minimum atomic E-state index is -5.04. The molecule has 12 nitrogen and oxygen atoms in total. The lowest BCUT2D eigenvalue weighted by molar-refractivity contribution is -0.220. The van der Waals surface area contributed by atoms with Crippen molar-refractivity contribution < 1.29 is 58.3 Å². The summed E-state index contributed by atoms with van der Waals surface area (Å²) in [4.78, 5) is 23.2. The standard InChI is InChI=1S/C50H83O12P/c1-3-5-7-9-11-13-15-17-19-20-21-22-23-24-25-27-29-31-33-35-37-39-44(51)61-43(42-60-63(57,58)62-50-48(55)46(53)45(52)47(54)49(50)56)41-59-40-38-36-34-32-30-28-26-18-16-14-12-10-8-6-4-2/h5,7,10-13,16-19,21-22,24-25,29,31,43,45-50,52-56H,3-4,6,8-9,14-15,20,23,26-28,30,32-42H2,1-2H3,(H,57,58)/b7-5-,12-10-,13-11-,18-16-,19-17-,22-21-,25-24-,31-29-. The molecule has 0 aromatic carbocycles. The van der Waals surface area contributed by atoms with Gasteiger partial charge in [0.15, 0.2) is 0 Å². The van der Waals surface area contributed by atoms with Crippen molar-refractivity contribution in [2.45, 2.75) is 191 Å². The van der Waals surface area contributed by atoms with E-state index >= 15 is 0 Å². The minimum Gasteiger partial charge on any atom is -0.457 e. The number of hydrogen-bond donors (Lipinski definition) is 6. The summed E-state index contributed by atoms with van der Waals surface area (Å²) >= 11 is 0. The van der Waals surface area contributed by atoms with E-state index < -0.39 is 63.1 Å². The Balaban J connectivity index is 2.44. The van der Waals surface area contributed by atoms with Gasteiger partial charge in [0.1, 0.15) is 42.7 Å². The third-order valence-corrected chi connectivity index (χ3v) is 11.2. The lowest BCUT2D eigenvalue weighted by atomic mass is 9.85. The molecule has 0 bridgehead atoms. The highest BCUT2D eigenvalue weighted by atomic mass is 31.2. The van der Waals surface area contributed by atoms with Crippen molar-refractivity contribution in [3.8, 4) is 0 Å². The molecule has 0 saturated heterocycles. The van der Waals surface area contributed by atoms with Crippen LogP contribution in [0.2, 0.25) is 0 Å². The van der Waals surface area contributed by atoms with Crippen molar-refractivity contribution >= 4 is 13.8 Å². The van der Waals surface area contributed by atoms with Crippen LogP contribution >= 0.6 is 7.82 Å². The van der Waals surface area contributed by atoms with E-state index in [2.05, 4.69) is 111 Å². The number of aliphatic hydroxyl groups is 5. The fraction of sp³-hybridized carbons (Fsp3) is 0.660. The highest BCUT2D eigenvalue weighted by Gasteiger charge is 2.51. The summed E-state index contributed by atoms with van der Waals surface area (Å²) in [5.74, 6) is -0.528. The molecule has 13 heteroatoms. The first-order valence-electron chi connectivity index (χ1n) is 23.6. The zero-order valence-corrected chi connectivity index (χ0v) is 39.2. The number of unbranched alkanes of at least 4 members (excludes halogenated alkanes) is 10. The number of phosphoric acid groups is 1. The maximum absolute atomic E-state index is 12.8. The van der Waals surface area contributed by atoms with Gasteiger partial charge in [-0.25, -0.2) is 4.57 Å². The first-order valence-corrected chi connectivity index (χ1v) is 25.1. The minimum absolute atomic E-state index is 0.108. The van der Waals surface area contributed by atoms with Crippen LogP contribution < -0.4 is 0 Å². The van der Waals surface area contributed by atoms with Crippen molar-refractivity contribution in [3.05, 3.63) is 97.2 Å². The third-order valence-electron chi connectivity index (χ3n) is 10.2. The van der Waals surface area contributed by atoms with Gasteiger partial charge >= 0.3 is 13.8 Å². The summed E-state index contributed by atoms with van der Waals surface area (Å²) in [5.41, 5.74) is 0. The van der Waals surface area contributed by atoms with Crippen LogP contribution in [0.3, 0.4) is 0 Å². The normalized spacial score (nSPS) is 22.7. The molecule has 0 aliphatic heterocycles. The molecule has 6 atom stereocenters. The van der Waals surface area contributed by atoms with E-state index in [1.807, 2.05) is 0 Å². The molecule has 0 amide bonds. The highest BCUT2D eigenvalue weighted by molar-refractivity contribution is 7.47. The molecule has 1 aliphatic rings. The molecule has 0 aromatic rings. The summed E-state index contributed by atoms with van der Waals surface area (Å²) in [6.45, 7) is 4.01. The molecular formula is C50H83O12P. The highest BCUT2D eigenvalue weighted by Crippen LogP contribution is 2.47. The van der Waals surface area contributed by atoms with Crippen LogP contribution in [0.1, 0.15) is 149 Å². The predicted molar refractivity (Wildman–Crippen MR) is 253 cm³/mol. The van der Waals surface area contributed by atoms with Crippen LogP contribution in [0.25, 0.3) is 0 Å². The first-order chi connectivity index (χ1) is 30.5. The first kappa shape index (κ1) is 58.3. The Kier molecular flexibility index (Phi) is 36.6. The molecule has 0 heterocycles. The Morgan fingerprint density at radius 3 is 1.43 bits per heavy atom. The molecule has 6 N–H and O–H groups in total. The number of phosphoric ester groups is 1. The average Bonchev–Trinajstić information content (AvgIpc) is 3.27. The van der Waals surface area contributed by atoms with E-state index in [1.54, 1.807) is 0 Å². The Morgan fingerprint density at radius 2 is 0.937 bits per heavy atom. The van der Waals surface area contributed by atoms with Gasteiger partial charge in [0, 0.05) is 13.0 Å². The van der Waals surface area contributed by atoms with Gasteiger partial charge in [0.05, 0.1) is 13.2 Å². The number of ether oxygens (including phenoxy) is 2. The average molecular weight is 907 g/mol. The zero-order chi connectivity index (χ0) is 46.2. The molecule has 0 radical (unpaired) electrons. The van der Waals surface area contributed by atoms with Gasteiger partial charge in [-0.05, 0) is 89.9 Å². The van der Waals surface area contributed by atoms with E-state index in [-0.39, 0.29) is 13.0 Å². The number of esters is 1. The fourth-order valence-corrected chi connectivity index (χ4v) is 7.40. The second-order valence-electron chi connectivity index (χ2n) is 15.9. The van der Waals surface area contributed by atoms with Gasteiger partial charge in [-0.15, -0.1) is 0 Å². The fourth-order valence-electron chi connectivity index (χ4n) is 6.43. The van der Waals surface area contributed by atoms with Crippen LogP contribution in [0.5, 0.6) is 0 Å². The van der Waals surface area contributed by atoms with E-state index in [1.165, 1.54) is 12.8 Å². The predicted octanol–water partition coefficient (Wildman–Crippen LogP) is 9.92. The van der Waals surface area contributed by atoms with Gasteiger partial charge in [0.2, 0.25) is 0 Å². The molecule has 1 fully saturated rings. The summed E-state index contributed by atoms with van der Waals surface area (Å²) in [6.07, 6.45) is 41.9. The molecule has 0 spiro atoms. The monoisotopic (exact) mass is 907 g/mol. The van der Waals surface area contributed by atoms with Crippen LogP contribution in [0.4, 0.5) is 0 Å². The Labute approximate surface area is 379 Å². The van der Waals surface area contributed by atoms with Gasteiger partial charge in [-0.2, -0.15) is 0 Å². The van der Waals surface area contributed by atoms with Crippen molar-refractivity contribution in [2.24, 2.45) is 0 Å². The smallest absolute Gasteiger partial charge is 0.457 e. The quantitative estimate of drug-likeness (QED) is 0.0149. The molecule has 0 aromatic heterocycles. The topological polar surface area (TPSA) is 192 Å². The Morgan fingerprint density at radius 1 is 0.524 bits per heavy atom. The second-order valence-corrected chi connectivity index (χ2v) is 17.3. The molecule has 63 heavy (non-hydrogen) atoms. The summed E-state index contributed by atoms with van der Waals surface area (Å²) in [7, 11) is -5.04. The van der Waals surface area contributed by atoms with Crippen molar-refractivity contribution in [3.63, 3.8) is 0 Å². The summed E-state index contributed by atoms with van der Waals surface area (Å²) in [6, 6.07) is 0. The molecule has 1 aliphatic carbocycles. The van der Waals surface area contributed by atoms with Crippen LogP contribution in [-0.2, 0) is 27.9 Å². The van der Waals surface area contributed by atoms with Crippen LogP contribution in [0, 0.1) is 0 Å².